The molecule has 20 heavy (non-hydrogen) atoms. The van der Waals surface area contributed by atoms with E-state index in [-0.39, 0.29) is 11.9 Å². The summed E-state index contributed by atoms with van der Waals surface area (Å²) in [5.74, 6) is -0.162. The Morgan fingerprint density at radius 2 is 1.80 bits per heavy atom. The molecule has 1 aliphatic heterocycles. The van der Waals surface area contributed by atoms with Gasteiger partial charge < -0.3 is 20.3 Å². The van der Waals surface area contributed by atoms with Crippen molar-refractivity contribution in [1.82, 2.24) is 15.5 Å². The molecule has 1 heterocycles. The van der Waals surface area contributed by atoms with Gasteiger partial charge in [-0.25, -0.2) is 4.79 Å². The second kappa shape index (κ2) is 6.92. The standard InChI is InChI=1S/C14H27N3O3/c1-10(15-13(19)20-14(2,3)4)12(18)16-11-6-8-17(5)9-7-11/h10-11H,6-9H2,1-5H3,(H,15,19)(H,16,18). The van der Waals surface area contributed by atoms with Crippen LogP contribution < -0.4 is 10.6 Å². The van der Waals surface area contributed by atoms with Gasteiger partial charge in [0.05, 0.1) is 0 Å². The molecule has 1 saturated heterocycles. The molecule has 1 rings (SSSR count). The molecule has 0 radical (unpaired) electrons. The van der Waals surface area contributed by atoms with Crippen molar-refractivity contribution < 1.29 is 14.3 Å². The molecule has 0 spiro atoms. The molecule has 1 aliphatic rings. The summed E-state index contributed by atoms with van der Waals surface area (Å²) in [6, 6.07) is -0.397. The van der Waals surface area contributed by atoms with Gasteiger partial charge in [-0.1, -0.05) is 0 Å². The SMILES string of the molecule is CC(NC(=O)OC(C)(C)C)C(=O)NC1CCN(C)CC1. The second-order valence-electron chi connectivity index (χ2n) is 6.45. The van der Waals surface area contributed by atoms with E-state index in [2.05, 4.69) is 22.6 Å². The topological polar surface area (TPSA) is 70.7 Å². The van der Waals surface area contributed by atoms with E-state index in [1.807, 2.05) is 0 Å². The Morgan fingerprint density at radius 3 is 2.30 bits per heavy atom. The Balaban J connectivity index is 2.34. The normalized spacial score (nSPS) is 19.2. The van der Waals surface area contributed by atoms with E-state index in [9.17, 15) is 9.59 Å². The number of hydrogen-bond acceptors (Lipinski definition) is 4. The van der Waals surface area contributed by atoms with E-state index >= 15 is 0 Å². The number of nitrogens with one attached hydrogen (secondary N) is 2. The number of rotatable bonds is 3. The van der Waals surface area contributed by atoms with Crippen molar-refractivity contribution in [3.8, 4) is 0 Å². The predicted octanol–water partition coefficient (Wildman–Crippen LogP) is 1.11. The number of nitrogens with zero attached hydrogens (tertiary/aromatic N) is 1. The largest absolute Gasteiger partial charge is 0.444 e. The van der Waals surface area contributed by atoms with E-state index in [0.717, 1.165) is 25.9 Å². The van der Waals surface area contributed by atoms with Gasteiger partial charge in [0.1, 0.15) is 11.6 Å². The molecule has 2 N–H and O–H groups in total. The zero-order valence-electron chi connectivity index (χ0n) is 13.2. The minimum absolute atomic E-state index is 0.162. The Labute approximate surface area is 121 Å². The molecular formula is C14H27N3O3. The maximum absolute atomic E-state index is 12.0. The van der Waals surface area contributed by atoms with E-state index in [0.29, 0.717) is 0 Å². The Morgan fingerprint density at radius 1 is 1.25 bits per heavy atom. The molecule has 0 aromatic heterocycles. The third-order valence-corrected chi connectivity index (χ3v) is 3.19. The van der Waals surface area contributed by atoms with E-state index in [4.69, 9.17) is 4.74 Å². The monoisotopic (exact) mass is 285 g/mol. The quantitative estimate of drug-likeness (QED) is 0.815. The summed E-state index contributed by atoms with van der Waals surface area (Å²) in [6.07, 6.45) is 1.33. The van der Waals surface area contributed by atoms with Gasteiger partial charge in [-0.05, 0) is 60.7 Å². The van der Waals surface area contributed by atoms with Gasteiger partial charge in [0.25, 0.3) is 0 Å². The summed E-state index contributed by atoms with van der Waals surface area (Å²) in [7, 11) is 2.07. The number of amides is 2. The highest BCUT2D eigenvalue weighted by molar-refractivity contribution is 5.85. The molecule has 1 atom stereocenters. The van der Waals surface area contributed by atoms with Crippen LogP contribution in [0.5, 0.6) is 0 Å². The average Bonchev–Trinajstić information content (AvgIpc) is 2.29. The maximum Gasteiger partial charge on any atom is 0.408 e. The summed E-state index contributed by atoms with van der Waals surface area (Å²) in [6.45, 7) is 8.99. The van der Waals surface area contributed by atoms with Crippen LogP contribution >= 0.6 is 0 Å². The third kappa shape index (κ3) is 6.23. The molecule has 2 amide bonds. The number of alkyl carbamates (subject to hydrolysis) is 1. The van der Waals surface area contributed by atoms with E-state index in [1.165, 1.54) is 0 Å². The fourth-order valence-electron chi connectivity index (χ4n) is 2.03. The first-order valence-electron chi connectivity index (χ1n) is 7.16. The molecule has 1 unspecified atom stereocenters. The average molecular weight is 285 g/mol. The minimum Gasteiger partial charge on any atom is -0.444 e. The molecule has 6 heteroatoms. The van der Waals surface area contributed by atoms with Crippen LogP contribution in [0.4, 0.5) is 4.79 Å². The van der Waals surface area contributed by atoms with Crippen molar-refractivity contribution in [3.63, 3.8) is 0 Å². The fraction of sp³-hybridized carbons (Fsp3) is 0.857. The Kier molecular flexibility index (Phi) is 5.80. The van der Waals surface area contributed by atoms with Gasteiger partial charge in [-0.2, -0.15) is 0 Å². The van der Waals surface area contributed by atoms with Crippen molar-refractivity contribution in [3.05, 3.63) is 0 Å². The molecule has 0 bridgehead atoms. The maximum atomic E-state index is 12.0. The van der Waals surface area contributed by atoms with Gasteiger partial charge in [0.15, 0.2) is 0 Å². The van der Waals surface area contributed by atoms with Crippen LogP contribution in [0.15, 0.2) is 0 Å². The van der Waals surface area contributed by atoms with Crippen LogP contribution in [0.2, 0.25) is 0 Å². The van der Waals surface area contributed by atoms with Crippen LogP contribution in [0.1, 0.15) is 40.5 Å². The summed E-state index contributed by atoms with van der Waals surface area (Å²) < 4.78 is 5.13. The number of hydrogen-bond donors (Lipinski definition) is 2. The van der Waals surface area contributed by atoms with Crippen LogP contribution in [0, 0.1) is 0 Å². The number of ether oxygens (including phenoxy) is 1. The number of carbonyl (C=O) groups is 2. The van der Waals surface area contributed by atoms with Gasteiger partial charge in [-0.15, -0.1) is 0 Å². The number of likely N-dealkylation sites (tertiary alicyclic amines) is 1. The van der Waals surface area contributed by atoms with Gasteiger partial charge >= 0.3 is 6.09 Å². The van der Waals surface area contributed by atoms with Gasteiger partial charge in [0.2, 0.25) is 5.91 Å². The van der Waals surface area contributed by atoms with Crippen molar-refractivity contribution >= 4 is 12.0 Å². The van der Waals surface area contributed by atoms with Crippen LogP contribution in [0.25, 0.3) is 0 Å². The molecule has 1 fully saturated rings. The van der Waals surface area contributed by atoms with Crippen LogP contribution in [0.3, 0.4) is 0 Å². The molecule has 6 nitrogen and oxygen atoms in total. The number of carbonyl (C=O) groups excluding carboxylic acids is 2. The Bertz CT molecular complexity index is 344. The van der Waals surface area contributed by atoms with Gasteiger partial charge in [-0.3, -0.25) is 4.79 Å². The van der Waals surface area contributed by atoms with E-state index < -0.39 is 17.7 Å². The smallest absolute Gasteiger partial charge is 0.408 e. The van der Waals surface area contributed by atoms with Crippen molar-refractivity contribution in [2.75, 3.05) is 20.1 Å². The molecule has 116 valence electrons. The summed E-state index contributed by atoms with van der Waals surface area (Å²) in [4.78, 5) is 25.8. The summed E-state index contributed by atoms with van der Waals surface area (Å²) in [5.41, 5.74) is -0.561. The van der Waals surface area contributed by atoms with Crippen LogP contribution in [-0.2, 0) is 9.53 Å². The molecule has 0 aliphatic carbocycles. The lowest BCUT2D eigenvalue weighted by Gasteiger charge is -2.30. The van der Waals surface area contributed by atoms with Crippen molar-refractivity contribution in [2.24, 2.45) is 0 Å². The highest BCUT2D eigenvalue weighted by Gasteiger charge is 2.24. The summed E-state index contributed by atoms with van der Waals surface area (Å²) in [5, 5.41) is 5.52. The van der Waals surface area contributed by atoms with Crippen LogP contribution in [-0.4, -0.2) is 54.7 Å². The third-order valence-electron chi connectivity index (χ3n) is 3.19. The zero-order chi connectivity index (χ0) is 15.3. The predicted molar refractivity (Wildman–Crippen MR) is 77.5 cm³/mol. The number of piperidine rings is 1. The highest BCUT2D eigenvalue weighted by atomic mass is 16.6. The fourth-order valence-corrected chi connectivity index (χ4v) is 2.03. The van der Waals surface area contributed by atoms with Crippen molar-refractivity contribution in [1.29, 1.82) is 0 Å². The van der Waals surface area contributed by atoms with E-state index in [1.54, 1.807) is 27.7 Å². The lowest BCUT2D eigenvalue weighted by atomic mass is 10.1. The first-order valence-corrected chi connectivity index (χ1v) is 7.16. The first-order chi connectivity index (χ1) is 9.17. The molecular weight excluding hydrogens is 258 g/mol. The Hall–Kier alpha value is -1.30. The molecule has 0 saturated carbocycles. The summed E-state index contributed by atoms with van der Waals surface area (Å²) >= 11 is 0. The minimum atomic E-state index is -0.593. The van der Waals surface area contributed by atoms with Crippen molar-refractivity contribution in [2.45, 2.75) is 58.2 Å². The van der Waals surface area contributed by atoms with Gasteiger partial charge in [0, 0.05) is 6.04 Å². The lowest BCUT2D eigenvalue weighted by molar-refractivity contribution is -0.123. The second-order valence-corrected chi connectivity index (χ2v) is 6.45. The lowest BCUT2D eigenvalue weighted by Crippen LogP contribution is -2.51. The molecule has 0 aromatic rings. The molecule has 0 aromatic carbocycles. The zero-order valence-corrected chi connectivity index (χ0v) is 13.2. The first kappa shape index (κ1) is 16.8. The highest BCUT2D eigenvalue weighted by Crippen LogP contribution is 2.09.